The quantitative estimate of drug-likeness (QED) is 0.791. The zero-order valence-corrected chi connectivity index (χ0v) is 15.4. The van der Waals surface area contributed by atoms with Gasteiger partial charge in [-0.25, -0.2) is 4.39 Å². The molecule has 2 aromatic rings. The molecule has 1 atom stereocenters. The minimum absolute atomic E-state index is 0.0351. The molecule has 1 heterocycles. The molecule has 2 amide bonds. The summed E-state index contributed by atoms with van der Waals surface area (Å²) in [6.45, 7) is 0. The number of ether oxygens (including phenoxy) is 1. The minimum atomic E-state index is -0.618. The van der Waals surface area contributed by atoms with E-state index >= 15 is 0 Å². The summed E-state index contributed by atoms with van der Waals surface area (Å²) >= 11 is 6.49. The number of hydrogen-bond acceptors (Lipinski definition) is 5. The molecular formula is C18H15FN2O3S2. The topological polar surface area (TPSA) is 58.6 Å². The molecule has 1 fully saturated rings. The molecule has 5 nitrogen and oxygen atoms in total. The maximum atomic E-state index is 12.9. The van der Waals surface area contributed by atoms with Crippen LogP contribution in [0.3, 0.4) is 0 Å². The number of benzene rings is 2. The minimum Gasteiger partial charge on any atom is -0.495 e. The molecule has 0 aliphatic carbocycles. The number of anilines is 2. The van der Waals surface area contributed by atoms with Gasteiger partial charge in [0.2, 0.25) is 11.8 Å². The van der Waals surface area contributed by atoms with E-state index < -0.39 is 5.25 Å². The summed E-state index contributed by atoms with van der Waals surface area (Å²) in [5.74, 6) is -0.464. The summed E-state index contributed by atoms with van der Waals surface area (Å²) in [5, 5.41) is 2.03. The van der Waals surface area contributed by atoms with Crippen LogP contribution in [0.15, 0.2) is 48.5 Å². The van der Waals surface area contributed by atoms with Crippen LogP contribution in [0.25, 0.3) is 0 Å². The fourth-order valence-corrected chi connectivity index (χ4v) is 4.05. The van der Waals surface area contributed by atoms with Crippen LogP contribution < -0.4 is 15.0 Å². The summed E-state index contributed by atoms with van der Waals surface area (Å²) in [5.41, 5.74) is 1.02. The van der Waals surface area contributed by atoms with E-state index in [1.165, 1.54) is 48.0 Å². The van der Waals surface area contributed by atoms with Crippen LogP contribution in [0.4, 0.5) is 15.8 Å². The highest BCUT2D eigenvalue weighted by Gasteiger charge is 2.40. The van der Waals surface area contributed by atoms with E-state index in [4.69, 9.17) is 17.0 Å². The lowest BCUT2D eigenvalue weighted by molar-refractivity contribution is -0.121. The molecule has 0 spiro atoms. The van der Waals surface area contributed by atoms with Crippen molar-refractivity contribution in [2.24, 2.45) is 0 Å². The molecule has 1 aliphatic heterocycles. The molecule has 2 aromatic carbocycles. The number of methoxy groups -OCH3 is 1. The van der Waals surface area contributed by atoms with Crippen molar-refractivity contribution in [3.8, 4) is 5.75 Å². The Bertz CT molecular complexity index is 858. The molecule has 8 heteroatoms. The molecule has 0 saturated carbocycles. The standard InChI is InChI=1S/C18H15FN2O3S2/c1-24-14-5-3-2-4-13(14)21-17(23)15(26-18(21)25)10-16(22)20-12-8-6-11(19)7-9-12/h2-9,15H,10H2,1H3,(H,20,22). The maximum absolute atomic E-state index is 12.9. The summed E-state index contributed by atoms with van der Waals surface area (Å²) in [6, 6.07) is 12.5. The average molecular weight is 390 g/mol. The van der Waals surface area contributed by atoms with Crippen molar-refractivity contribution in [3.63, 3.8) is 0 Å². The number of nitrogens with one attached hydrogen (secondary N) is 1. The van der Waals surface area contributed by atoms with Crippen LogP contribution in [0.5, 0.6) is 5.75 Å². The largest absolute Gasteiger partial charge is 0.495 e. The van der Waals surface area contributed by atoms with Crippen molar-refractivity contribution >= 4 is 51.5 Å². The van der Waals surface area contributed by atoms with Crippen molar-refractivity contribution < 1.29 is 18.7 Å². The van der Waals surface area contributed by atoms with Gasteiger partial charge >= 0.3 is 0 Å². The number of halogens is 1. The van der Waals surface area contributed by atoms with Crippen LogP contribution in [0.2, 0.25) is 0 Å². The van der Waals surface area contributed by atoms with Gasteiger partial charge in [-0.2, -0.15) is 0 Å². The van der Waals surface area contributed by atoms with E-state index in [-0.39, 0.29) is 24.1 Å². The summed E-state index contributed by atoms with van der Waals surface area (Å²) in [4.78, 5) is 26.4. The number of thiocarbonyl (C=S) groups is 1. The molecule has 1 N–H and O–H groups in total. The highest BCUT2D eigenvalue weighted by Crippen LogP contribution is 2.38. The summed E-state index contributed by atoms with van der Waals surface area (Å²) < 4.78 is 18.6. The Hall–Kier alpha value is -2.45. The Morgan fingerprint density at radius 2 is 1.96 bits per heavy atom. The Morgan fingerprint density at radius 1 is 1.27 bits per heavy atom. The number of thioether (sulfide) groups is 1. The lowest BCUT2D eigenvalue weighted by Crippen LogP contribution is -2.33. The molecule has 26 heavy (non-hydrogen) atoms. The molecule has 0 bridgehead atoms. The predicted octanol–water partition coefficient (Wildman–Crippen LogP) is 3.60. The Labute approximate surface area is 159 Å². The maximum Gasteiger partial charge on any atom is 0.246 e. The van der Waals surface area contributed by atoms with Crippen molar-refractivity contribution in [1.82, 2.24) is 0 Å². The van der Waals surface area contributed by atoms with E-state index in [0.717, 1.165) is 0 Å². The van der Waals surface area contributed by atoms with Crippen molar-refractivity contribution in [3.05, 3.63) is 54.3 Å². The van der Waals surface area contributed by atoms with Gasteiger partial charge < -0.3 is 10.1 Å². The molecular weight excluding hydrogens is 375 g/mol. The first-order valence-electron chi connectivity index (χ1n) is 7.72. The molecule has 1 aliphatic rings. The van der Waals surface area contributed by atoms with Gasteiger partial charge in [-0.1, -0.05) is 36.1 Å². The molecule has 0 aromatic heterocycles. The Kier molecular flexibility index (Phi) is 5.53. The number of nitrogens with zero attached hydrogens (tertiary/aromatic N) is 1. The fraction of sp³-hybridized carbons (Fsp3) is 0.167. The van der Waals surface area contributed by atoms with Crippen LogP contribution >= 0.6 is 24.0 Å². The lowest BCUT2D eigenvalue weighted by Gasteiger charge is -2.18. The van der Waals surface area contributed by atoms with Crippen molar-refractivity contribution in [1.29, 1.82) is 0 Å². The van der Waals surface area contributed by atoms with Gasteiger partial charge in [-0.05, 0) is 36.4 Å². The monoisotopic (exact) mass is 390 g/mol. The third-order valence-corrected chi connectivity index (χ3v) is 5.25. The summed E-state index contributed by atoms with van der Waals surface area (Å²) in [6.07, 6.45) is -0.0351. The highest BCUT2D eigenvalue weighted by atomic mass is 32.2. The normalized spacial score (nSPS) is 16.7. The second-order valence-electron chi connectivity index (χ2n) is 5.48. The van der Waals surface area contributed by atoms with Crippen molar-refractivity contribution in [2.75, 3.05) is 17.3 Å². The predicted molar refractivity (Wildman–Crippen MR) is 104 cm³/mol. The third-order valence-electron chi connectivity index (χ3n) is 3.75. The van der Waals surface area contributed by atoms with E-state index in [1.807, 2.05) is 0 Å². The Balaban J connectivity index is 1.70. The second-order valence-corrected chi connectivity index (χ2v) is 7.31. The number of rotatable bonds is 5. The van der Waals surface area contributed by atoms with Gasteiger partial charge in [0.25, 0.3) is 0 Å². The molecule has 1 saturated heterocycles. The number of carbonyl (C=O) groups is 2. The zero-order valence-electron chi connectivity index (χ0n) is 13.8. The van der Waals surface area contributed by atoms with E-state index in [1.54, 1.807) is 24.3 Å². The fourth-order valence-electron chi connectivity index (χ4n) is 2.53. The second kappa shape index (κ2) is 7.84. The van der Waals surface area contributed by atoms with Gasteiger partial charge in [-0.15, -0.1) is 0 Å². The van der Waals surface area contributed by atoms with Gasteiger partial charge in [0.05, 0.1) is 12.8 Å². The van der Waals surface area contributed by atoms with E-state index in [2.05, 4.69) is 5.32 Å². The zero-order chi connectivity index (χ0) is 18.7. The van der Waals surface area contributed by atoms with E-state index in [0.29, 0.717) is 21.4 Å². The first kappa shape index (κ1) is 18.3. The SMILES string of the molecule is COc1ccccc1N1C(=O)C(CC(=O)Nc2ccc(F)cc2)SC1=S. The highest BCUT2D eigenvalue weighted by molar-refractivity contribution is 8.25. The van der Waals surface area contributed by atoms with Crippen molar-refractivity contribution in [2.45, 2.75) is 11.7 Å². The first-order valence-corrected chi connectivity index (χ1v) is 9.01. The van der Waals surface area contributed by atoms with Gasteiger partial charge in [-0.3, -0.25) is 14.5 Å². The smallest absolute Gasteiger partial charge is 0.246 e. The number of carbonyl (C=O) groups excluding carboxylic acids is 2. The van der Waals surface area contributed by atoms with Gasteiger partial charge in [0.15, 0.2) is 0 Å². The number of para-hydroxylation sites is 2. The Morgan fingerprint density at radius 3 is 2.65 bits per heavy atom. The lowest BCUT2D eigenvalue weighted by atomic mass is 10.2. The molecule has 3 rings (SSSR count). The third kappa shape index (κ3) is 3.86. The van der Waals surface area contributed by atoms with Crippen LogP contribution in [-0.2, 0) is 9.59 Å². The van der Waals surface area contributed by atoms with Crippen LogP contribution in [-0.4, -0.2) is 28.5 Å². The molecule has 0 radical (unpaired) electrons. The number of amides is 2. The average Bonchev–Trinajstić information content (AvgIpc) is 2.90. The van der Waals surface area contributed by atoms with Crippen LogP contribution in [0.1, 0.15) is 6.42 Å². The van der Waals surface area contributed by atoms with Gasteiger partial charge in [0, 0.05) is 12.1 Å². The van der Waals surface area contributed by atoms with E-state index in [9.17, 15) is 14.0 Å². The first-order chi connectivity index (χ1) is 12.5. The molecule has 1 unspecified atom stereocenters. The summed E-state index contributed by atoms with van der Waals surface area (Å²) in [7, 11) is 1.52. The van der Waals surface area contributed by atoms with Crippen LogP contribution in [0, 0.1) is 5.82 Å². The molecule has 134 valence electrons. The van der Waals surface area contributed by atoms with Gasteiger partial charge in [0.1, 0.15) is 21.1 Å². The number of hydrogen-bond donors (Lipinski definition) is 1.